The fourth-order valence-electron chi connectivity index (χ4n) is 3.39. The number of hydrogen-bond donors (Lipinski definition) is 3. The Morgan fingerprint density at radius 2 is 1.94 bits per heavy atom. The molecule has 13 heteroatoms. The first-order chi connectivity index (χ1) is 17.6. The van der Waals surface area contributed by atoms with Gasteiger partial charge in [0.15, 0.2) is 6.23 Å². The largest absolute Gasteiger partial charge is 0.463 e. The van der Waals surface area contributed by atoms with Crippen molar-refractivity contribution < 1.29 is 40.8 Å². The first-order valence-electron chi connectivity index (χ1n) is 12.2. The topological polar surface area (TPSA) is 149 Å². The van der Waals surface area contributed by atoms with Crippen molar-refractivity contribution in [3.8, 4) is 5.75 Å². The summed E-state index contributed by atoms with van der Waals surface area (Å²) in [6.07, 6.45) is -6.76. The molecule has 2 heterocycles. The van der Waals surface area contributed by atoms with Gasteiger partial charge in [-0.25, -0.2) is 9.36 Å². The number of para-hydroxylation sites is 1. The number of ether oxygens (including phenoxy) is 2. The molecule has 0 spiro atoms. The minimum atomic E-state index is -4.47. The van der Waals surface area contributed by atoms with Gasteiger partial charge in [-0.05, 0) is 32.9 Å². The quantitative estimate of drug-likeness (QED) is 0.232. The van der Waals surface area contributed by atoms with E-state index in [1.807, 2.05) is 0 Å². The molecular formula is C23H31N2O9PS. The monoisotopic (exact) mass is 544 g/mol. The van der Waals surface area contributed by atoms with Crippen molar-refractivity contribution in [3.05, 3.63) is 57.2 Å². The van der Waals surface area contributed by atoms with Crippen LogP contribution in [0.3, 0.4) is 0 Å². The lowest BCUT2D eigenvalue weighted by Crippen LogP contribution is -2.36. The molecule has 0 bridgehead atoms. The molecule has 2 aromatic rings. The summed E-state index contributed by atoms with van der Waals surface area (Å²) < 4.78 is 53.6. The first kappa shape index (κ1) is 25.3. The number of nitrogens with one attached hydrogen (secondary N) is 1. The van der Waals surface area contributed by atoms with Gasteiger partial charge in [-0.15, -0.1) is 0 Å². The van der Waals surface area contributed by atoms with Gasteiger partial charge in [-0.3, -0.25) is 18.9 Å². The third kappa shape index (κ3) is 6.90. The van der Waals surface area contributed by atoms with Crippen LogP contribution in [0.5, 0.6) is 5.75 Å². The SMILES string of the molecule is [2H]C([2H])(O[P@](=O)(C[C@@H](C)C(=O)OC(C)C)Oc1ccccc1)[C@@H]1O[C@H](n2cc(C)c(=S)[nH]c2=O)[C@H](O)C1O. The summed E-state index contributed by atoms with van der Waals surface area (Å²) in [4.78, 5) is 27.2. The molecule has 36 heavy (non-hydrogen) atoms. The maximum Gasteiger partial charge on any atom is 0.380 e. The number of nitrogens with zero attached hydrogens (tertiary/aromatic N) is 1. The van der Waals surface area contributed by atoms with Crippen LogP contribution in [0.2, 0.25) is 0 Å². The summed E-state index contributed by atoms with van der Waals surface area (Å²) in [5.74, 6) is -1.61. The van der Waals surface area contributed by atoms with Crippen molar-refractivity contribution >= 4 is 25.8 Å². The van der Waals surface area contributed by atoms with Gasteiger partial charge in [-0.2, -0.15) is 0 Å². The predicted octanol–water partition coefficient (Wildman–Crippen LogP) is 2.71. The summed E-state index contributed by atoms with van der Waals surface area (Å²) in [6, 6.07) is 7.82. The van der Waals surface area contributed by atoms with Crippen LogP contribution in [-0.2, 0) is 23.4 Å². The molecular weight excluding hydrogens is 511 g/mol. The number of esters is 1. The fraction of sp³-hybridized carbons (Fsp3) is 0.522. The lowest BCUT2D eigenvalue weighted by Gasteiger charge is -2.24. The summed E-state index contributed by atoms with van der Waals surface area (Å²) in [5, 5.41) is 21.3. The fourth-order valence-corrected chi connectivity index (χ4v) is 5.24. The summed E-state index contributed by atoms with van der Waals surface area (Å²) in [7, 11) is -4.47. The predicted molar refractivity (Wildman–Crippen MR) is 132 cm³/mol. The number of aliphatic hydroxyl groups is 2. The van der Waals surface area contributed by atoms with E-state index in [1.54, 1.807) is 39.0 Å². The Bertz CT molecular complexity index is 1300. The van der Waals surface area contributed by atoms with Crippen molar-refractivity contribution in [2.45, 2.75) is 58.3 Å². The smallest absolute Gasteiger partial charge is 0.380 e. The molecule has 0 saturated carbocycles. The van der Waals surface area contributed by atoms with Crippen LogP contribution in [-0.4, -0.2) is 62.9 Å². The van der Waals surface area contributed by atoms with E-state index in [2.05, 4.69) is 4.98 Å². The van der Waals surface area contributed by atoms with Crippen LogP contribution in [0, 0.1) is 17.5 Å². The molecule has 1 aliphatic heterocycles. The van der Waals surface area contributed by atoms with E-state index in [1.165, 1.54) is 25.3 Å². The molecule has 1 fully saturated rings. The third-order valence-electron chi connectivity index (χ3n) is 5.21. The normalized spacial score (nSPS) is 25.5. The second-order valence-electron chi connectivity index (χ2n) is 8.70. The number of aliphatic hydroxyl groups excluding tert-OH is 2. The van der Waals surface area contributed by atoms with Gasteiger partial charge in [0, 0.05) is 11.8 Å². The number of carbonyl (C=O) groups is 1. The zero-order chi connectivity index (χ0) is 28.4. The minimum absolute atomic E-state index is 0.0865. The number of hydrogen-bond acceptors (Lipinski definition) is 10. The zero-order valence-electron chi connectivity index (χ0n) is 22.2. The van der Waals surface area contributed by atoms with Gasteiger partial charge in [0.05, 0.1) is 27.5 Å². The molecule has 3 N–H and O–H groups in total. The highest BCUT2D eigenvalue weighted by atomic mass is 32.1. The molecule has 198 valence electrons. The molecule has 0 aliphatic carbocycles. The number of aromatic amines is 1. The highest BCUT2D eigenvalue weighted by molar-refractivity contribution is 7.71. The third-order valence-corrected chi connectivity index (χ3v) is 7.50. The van der Waals surface area contributed by atoms with Crippen LogP contribution >= 0.6 is 19.8 Å². The lowest BCUT2D eigenvalue weighted by atomic mass is 10.1. The molecule has 1 aromatic heterocycles. The average Bonchev–Trinajstić information content (AvgIpc) is 3.11. The Hall–Kier alpha value is -2.34. The van der Waals surface area contributed by atoms with Gasteiger partial charge in [-0.1, -0.05) is 37.3 Å². The van der Waals surface area contributed by atoms with Crippen molar-refractivity contribution in [1.82, 2.24) is 9.55 Å². The highest BCUT2D eigenvalue weighted by Gasteiger charge is 2.45. The second kappa shape index (κ2) is 11.8. The minimum Gasteiger partial charge on any atom is -0.463 e. The Balaban J connectivity index is 1.90. The van der Waals surface area contributed by atoms with Crippen molar-refractivity contribution in [2.24, 2.45) is 5.92 Å². The Labute approximate surface area is 216 Å². The molecule has 1 aliphatic rings. The van der Waals surface area contributed by atoms with Crippen molar-refractivity contribution in [1.29, 1.82) is 0 Å². The van der Waals surface area contributed by atoms with Gasteiger partial charge >= 0.3 is 19.3 Å². The average molecular weight is 545 g/mol. The molecule has 1 saturated heterocycles. The van der Waals surface area contributed by atoms with Crippen LogP contribution in [0.25, 0.3) is 0 Å². The number of benzene rings is 1. The number of H-pyrrole nitrogens is 1. The molecule has 3 rings (SSSR count). The van der Waals surface area contributed by atoms with Crippen LogP contribution in [0.4, 0.5) is 0 Å². The van der Waals surface area contributed by atoms with Crippen LogP contribution in [0.15, 0.2) is 41.3 Å². The Morgan fingerprint density at radius 1 is 1.28 bits per heavy atom. The second-order valence-corrected chi connectivity index (χ2v) is 11.1. The maximum absolute atomic E-state index is 13.9. The van der Waals surface area contributed by atoms with E-state index in [-0.39, 0.29) is 10.4 Å². The van der Waals surface area contributed by atoms with E-state index in [9.17, 15) is 24.4 Å². The molecule has 6 atom stereocenters. The number of aryl methyl sites for hydroxylation is 1. The summed E-state index contributed by atoms with van der Waals surface area (Å²) in [6.45, 7) is 3.32. The summed E-state index contributed by atoms with van der Waals surface area (Å²) >= 11 is 5.02. The molecule has 0 amide bonds. The van der Waals surface area contributed by atoms with E-state index < -0.39 is 68.5 Å². The van der Waals surface area contributed by atoms with E-state index >= 15 is 0 Å². The van der Waals surface area contributed by atoms with Crippen LogP contribution in [0.1, 0.15) is 35.3 Å². The Morgan fingerprint density at radius 3 is 2.58 bits per heavy atom. The lowest BCUT2D eigenvalue weighted by molar-refractivity contribution is -0.151. The van der Waals surface area contributed by atoms with Crippen molar-refractivity contribution in [3.63, 3.8) is 0 Å². The van der Waals surface area contributed by atoms with E-state index in [0.717, 1.165) is 4.57 Å². The first-order valence-corrected chi connectivity index (χ1v) is 13.4. The Kier molecular flexibility index (Phi) is 8.30. The zero-order valence-corrected chi connectivity index (χ0v) is 21.9. The van der Waals surface area contributed by atoms with Crippen molar-refractivity contribution in [2.75, 3.05) is 12.7 Å². The van der Waals surface area contributed by atoms with Gasteiger partial charge in [0.25, 0.3) is 0 Å². The summed E-state index contributed by atoms with van der Waals surface area (Å²) in [5.41, 5.74) is -0.287. The van der Waals surface area contributed by atoms with E-state index in [4.69, 9.17) is 33.5 Å². The standard InChI is InChI=1S/C23H31N2O9PS/c1-13(2)32-22(28)15(4)12-35(30,34-16-8-6-5-7-9-16)31-11-17-18(26)19(27)21(33-17)25-10-14(3)20(36)24-23(25)29/h5-10,13,15,17-19,21,26-27H,11-12H2,1-4H3,(H,24,29,36)/t15-,17+,18?,19-,21+,35-/m1/s1/i11D2. The molecule has 1 unspecified atom stereocenters. The molecule has 11 nitrogen and oxygen atoms in total. The molecule has 1 aromatic carbocycles. The number of aromatic nitrogens is 2. The molecule has 0 radical (unpaired) electrons. The number of carbonyl (C=O) groups excluding carboxylic acids is 1. The van der Waals surface area contributed by atoms with Gasteiger partial charge < -0.3 is 24.2 Å². The maximum atomic E-state index is 13.9. The van der Waals surface area contributed by atoms with Gasteiger partial charge in [0.2, 0.25) is 0 Å². The van der Waals surface area contributed by atoms with Gasteiger partial charge in [0.1, 0.15) is 28.7 Å². The number of rotatable bonds is 10. The highest BCUT2D eigenvalue weighted by Crippen LogP contribution is 2.50. The van der Waals surface area contributed by atoms with Crippen LogP contribution < -0.4 is 10.2 Å². The van der Waals surface area contributed by atoms with E-state index in [0.29, 0.717) is 5.56 Å².